The lowest BCUT2D eigenvalue weighted by Crippen LogP contribution is -2.41. The zero-order valence-electron chi connectivity index (χ0n) is 10.0. The first-order valence-corrected chi connectivity index (χ1v) is 6.70. The molecule has 4 heteroatoms. The van der Waals surface area contributed by atoms with Gasteiger partial charge in [-0.15, -0.1) is 0 Å². The number of thioether (sulfide) groups is 1. The molecule has 0 N–H and O–H groups in total. The smallest absolute Gasteiger partial charge is 0.400 e. The van der Waals surface area contributed by atoms with Crippen molar-refractivity contribution in [1.82, 2.24) is 0 Å². The molecular formula is C11H19BO2S. The van der Waals surface area contributed by atoms with Crippen LogP contribution in [0.3, 0.4) is 0 Å². The summed E-state index contributed by atoms with van der Waals surface area (Å²) in [5.41, 5.74) is 0.916. The van der Waals surface area contributed by atoms with Crippen molar-refractivity contribution in [2.24, 2.45) is 0 Å². The number of hydrogen-bond acceptors (Lipinski definition) is 3. The predicted octanol–water partition coefficient (Wildman–Crippen LogP) is 2.68. The van der Waals surface area contributed by atoms with Gasteiger partial charge < -0.3 is 9.31 Å². The SMILES string of the molecule is CC1(C)OB(C2=CCSCC2)OC1(C)C. The van der Waals surface area contributed by atoms with Crippen molar-refractivity contribution in [2.45, 2.75) is 45.3 Å². The summed E-state index contributed by atoms with van der Waals surface area (Å²) in [6.07, 6.45) is 3.36. The van der Waals surface area contributed by atoms with Gasteiger partial charge in [0, 0.05) is 5.75 Å². The highest BCUT2D eigenvalue weighted by Crippen LogP contribution is 2.39. The highest BCUT2D eigenvalue weighted by molar-refractivity contribution is 7.99. The van der Waals surface area contributed by atoms with Gasteiger partial charge in [-0.1, -0.05) is 6.08 Å². The van der Waals surface area contributed by atoms with E-state index >= 15 is 0 Å². The normalized spacial score (nSPS) is 29.1. The van der Waals surface area contributed by atoms with Crippen molar-refractivity contribution < 1.29 is 9.31 Å². The van der Waals surface area contributed by atoms with Crippen LogP contribution in [0.4, 0.5) is 0 Å². The van der Waals surface area contributed by atoms with Gasteiger partial charge in [-0.2, -0.15) is 11.8 Å². The summed E-state index contributed by atoms with van der Waals surface area (Å²) in [6.45, 7) is 8.41. The van der Waals surface area contributed by atoms with Gasteiger partial charge in [0.2, 0.25) is 0 Å². The second kappa shape index (κ2) is 3.83. The van der Waals surface area contributed by atoms with Crippen LogP contribution in [0.1, 0.15) is 34.1 Å². The van der Waals surface area contributed by atoms with E-state index in [1.165, 1.54) is 11.2 Å². The fraction of sp³-hybridized carbons (Fsp3) is 0.818. The first-order chi connectivity index (χ1) is 6.92. The Morgan fingerprint density at radius 3 is 2.27 bits per heavy atom. The van der Waals surface area contributed by atoms with Gasteiger partial charge in [0.05, 0.1) is 11.2 Å². The van der Waals surface area contributed by atoms with Crippen molar-refractivity contribution >= 4 is 18.9 Å². The maximum Gasteiger partial charge on any atom is 0.490 e. The summed E-state index contributed by atoms with van der Waals surface area (Å²) < 4.78 is 12.0. The molecule has 1 saturated heterocycles. The Kier molecular flexibility index (Phi) is 2.95. The van der Waals surface area contributed by atoms with E-state index < -0.39 is 0 Å². The molecule has 2 rings (SSSR count). The maximum atomic E-state index is 6.00. The van der Waals surface area contributed by atoms with E-state index in [0.29, 0.717) is 0 Å². The van der Waals surface area contributed by atoms with E-state index in [2.05, 4.69) is 33.8 Å². The lowest BCUT2D eigenvalue weighted by molar-refractivity contribution is 0.00578. The monoisotopic (exact) mass is 226 g/mol. The van der Waals surface area contributed by atoms with Crippen LogP contribution < -0.4 is 0 Å². The molecule has 0 aromatic rings. The number of allylic oxidation sites excluding steroid dienone is 1. The molecule has 0 aromatic carbocycles. The van der Waals surface area contributed by atoms with Gasteiger partial charge in [-0.05, 0) is 45.3 Å². The second-order valence-corrected chi connectivity index (χ2v) is 6.34. The molecule has 15 heavy (non-hydrogen) atoms. The summed E-state index contributed by atoms with van der Waals surface area (Å²) >= 11 is 1.97. The lowest BCUT2D eigenvalue weighted by atomic mass is 9.76. The minimum Gasteiger partial charge on any atom is -0.400 e. The minimum absolute atomic E-state index is 0.115. The van der Waals surface area contributed by atoms with Crippen molar-refractivity contribution in [2.75, 3.05) is 11.5 Å². The van der Waals surface area contributed by atoms with E-state index in [4.69, 9.17) is 9.31 Å². The number of hydrogen-bond donors (Lipinski definition) is 0. The molecule has 0 aliphatic carbocycles. The van der Waals surface area contributed by atoms with Crippen LogP contribution in [0.2, 0.25) is 0 Å². The molecule has 2 aliphatic heterocycles. The van der Waals surface area contributed by atoms with Gasteiger partial charge in [0.15, 0.2) is 0 Å². The molecule has 1 fully saturated rings. The van der Waals surface area contributed by atoms with E-state index in [1.807, 2.05) is 11.8 Å². The summed E-state index contributed by atoms with van der Waals surface area (Å²) in [7, 11) is -0.115. The Morgan fingerprint density at radius 1 is 1.20 bits per heavy atom. The van der Waals surface area contributed by atoms with E-state index in [9.17, 15) is 0 Å². The van der Waals surface area contributed by atoms with Crippen LogP contribution >= 0.6 is 11.8 Å². The van der Waals surface area contributed by atoms with Crippen LogP contribution in [0.5, 0.6) is 0 Å². The van der Waals surface area contributed by atoms with Crippen LogP contribution in [-0.2, 0) is 9.31 Å². The Labute approximate surface area is 96.9 Å². The molecule has 0 radical (unpaired) electrons. The van der Waals surface area contributed by atoms with Gasteiger partial charge in [0.25, 0.3) is 0 Å². The van der Waals surface area contributed by atoms with E-state index in [1.54, 1.807) is 0 Å². The molecule has 0 bridgehead atoms. The van der Waals surface area contributed by atoms with Crippen molar-refractivity contribution in [3.63, 3.8) is 0 Å². The quantitative estimate of drug-likeness (QED) is 0.640. The maximum absolute atomic E-state index is 6.00. The molecule has 2 aliphatic rings. The fourth-order valence-electron chi connectivity index (χ4n) is 1.75. The van der Waals surface area contributed by atoms with Gasteiger partial charge in [-0.25, -0.2) is 0 Å². The number of rotatable bonds is 1. The topological polar surface area (TPSA) is 18.5 Å². The Morgan fingerprint density at radius 2 is 1.80 bits per heavy atom. The predicted molar refractivity (Wildman–Crippen MR) is 66.1 cm³/mol. The zero-order valence-corrected chi connectivity index (χ0v) is 10.8. The van der Waals surface area contributed by atoms with Gasteiger partial charge >= 0.3 is 7.12 Å². The zero-order chi connectivity index (χ0) is 11.1. The molecule has 0 unspecified atom stereocenters. The third kappa shape index (κ3) is 2.13. The average Bonchev–Trinajstić information content (AvgIpc) is 2.38. The first-order valence-electron chi connectivity index (χ1n) is 5.55. The van der Waals surface area contributed by atoms with Gasteiger partial charge in [0.1, 0.15) is 0 Å². The second-order valence-electron chi connectivity index (χ2n) is 5.19. The Hall–Kier alpha value is 0.0749. The van der Waals surface area contributed by atoms with Gasteiger partial charge in [-0.3, -0.25) is 0 Å². The summed E-state index contributed by atoms with van der Waals surface area (Å²) in [5, 5.41) is 0. The van der Waals surface area contributed by atoms with Crippen molar-refractivity contribution in [3.05, 3.63) is 11.5 Å². The summed E-state index contributed by atoms with van der Waals surface area (Å²) in [4.78, 5) is 0. The van der Waals surface area contributed by atoms with Crippen LogP contribution in [0.15, 0.2) is 11.5 Å². The Bertz CT molecular complexity index is 270. The molecule has 0 aromatic heterocycles. The van der Waals surface area contributed by atoms with E-state index in [0.717, 1.165) is 12.2 Å². The highest BCUT2D eigenvalue weighted by atomic mass is 32.2. The van der Waals surface area contributed by atoms with Crippen LogP contribution in [0, 0.1) is 0 Å². The molecule has 2 nitrogen and oxygen atoms in total. The molecular weight excluding hydrogens is 207 g/mol. The summed E-state index contributed by atoms with van der Waals surface area (Å²) in [5.74, 6) is 2.29. The third-order valence-corrected chi connectivity index (χ3v) is 4.45. The molecule has 84 valence electrons. The molecule has 2 heterocycles. The van der Waals surface area contributed by atoms with Crippen LogP contribution in [0.25, 0.3) is 0 Å². The average molecular weight is 226 g/mol. The minimum atomic E-state index is -0.205. The Balaban J connectivity index is 2.12. The third-order valence-electron chi connectivity index (χ3n) is 3.55. The molecule has 0 spiro atoms. The largest absolute Gasteiger partial charge is 0.490 e. The molecule has 0 atom stereocenters. The summed E-state index contributed by atoms with van der Waals surface area (Å²) in [6, 6.07) is 0. The standard InChI is InChI=1S/C11H19BO2S/c1-10(2)11(3,4)14-12(13-10)9-5-7-15-8-6-9/h5H,6-8H2,1-4H3. The first kappa shape index (κ1) is 11.6. The van der Waals surface area contributed by atoms with Crippen molar-refractivity contribution in [3.8, 4) is 0 Å². The molecule has 0 saturated carbocycles. The molecule has 0 amide bonds. The van der Waals surface area contributed by atoms with Crippen LogP contribution in [-0.4, -0.2) is 29.8 Å². The fourth-order valence-corrected chi connectivity index (χ4v) is 2.63. The van der Waals surface area contributed by atoms with Crippen molar-refractivity contribution in [1.29, 1.82) is 0 Å². The van der Waals surface area contributed by atoms with E-state index in [-0.39, 0.29) is 18.3 Å². The lowest BCUT2D eigenvalue weighted by Gasteiger charge is -2.32. The highest BCUT2D eigenvalue weighted by Gasteiger charge is 2.52.